The normalized spacial score (nSPS) is 10.1. The van der Waals surface area contributed by atoms with E-state index in [0.29, 0.717) is 5.69 Å². The lowest BCUT2D eigenvalue weighted by molar-refractivity contribution is 1.19. The van der Waals surface area contributed by atoms with Crippen LogP contribution in [-0.2, 0) is 5.75 Å². The van der Waals surface area contributed by atoms with Crippen LogP contribution < -0.4 is 0 Å². The first-order chi connectivity index (χ1) is 8.67. The van der Waals surface area contributed by atoms with E-state index in [-0.39, 0.29) is 0 Å². The van der Waals surface area contributed by atoms with Crippen LogP contribution in [0.2, 0.25) is 0 Å². The summed E-state index contributed by atoms with van der Waals surface area (Å²) in [6, 6.07) is 12.3. The van der Waals surface area contributed by atoms with Crippen LogP contribution in [0.1, 0.15) is 22.4 Å². The van der Waals surface area contributed by atoms with Gasteiger partial charge in [0, 0.05) is 16.8 Å². The van der Waals surface area contributed by atoms with Gasteiger partial charge in [-0.25, -0.2) is 4.98 Å². The minimum Gasteiger partial charge on any atom is -0.244 e. The number of hydrogen-bond acceptors (Lipinski definition) is 3. The molecule has 3 heteroatoms. The number of nitriles is 1. The molecule has 0 aliphatic carbocycles. The molecule has 1 heterocycles. The Morgan fingerprint density at radius 3 is 2.44 bits per heavy atom. The molecule has 0 aliphatic rings. The summed E-state index contributed by atoms with van der Waals surface area (Å²) in [4.78, 5) is 5.15. The van der Waals surface area contributed by atoms with Crippen LogP contribution in [0.5, 0.6) is 0 Å². The van der Waals surface area contributed by atoms with Gasteiger partial charge in [0.05, 0.1) is 0 Å². The largest absolute Gasteiger partial charge is 0.244 e. The predicted octanol–water partition coefficient (Wildman–Crippen LogP) is 3.86. The Morgan fingerprint density at radius 2 is 1.89 bits per heavy atom. The molecule has 0 bridgehead atoms. The lowest BCUT2D eigenvalue weighted by Gasteiger charge is -2.05. The molecule has 0 fully saturated rings. The van der Waals surface area contributed by atoms with Crippen molar-refractivity contribution >= 4 is 11.8 Å². The van der Waals surface area contributed by atoms with E-state index in [1.54, 1.807) is 24.0 Å². The Kier molecular flexibility index (Phi) is 4.01. The van der Waals surface area contributed by atoms with Crippen LogP contribution in [0.15, 0.2) is 41.4 Å². The van der Waals surface area contributed by atoms with Gasteiger partial charge in [0.15, 0.2) is 0 Å². The Labute approximate surface area is 112 Å². The zero-order valence-electron chi connectivity index (χ0n) is 10.5. The number of nitrogens with zero attached hydrogens (tertiary/aromatic N) is 2. The lowest BCUT2D eigenvalue weighted by atomic mass is 10.1. The maximum absolute atomic E-state index is 8.68. The number of aryl methyl sites for hydroxylation is 2. The van der Waals surface area contributed by atoms with Gasteiger partial charge in [-0.2, -0.15) is 5.26 Å². The van der Waals surface area contributed by atoms with Gasteiger partial charge in [0.25, 0.3) is 0 Å². The molecule has 0 unspecified atom stereocenters. The van der Waals surface area contributed by atoms with E-state index in [4.69, 9.17) is 5.26 Å². The molecule has 1 aromatic carbocycles. The van der Waals surface area contributed by atoms with Crippen molar-refractivity contribution in [2.24, 2.45) is 0 Å². The number of rotatable bonds is 3. The molecule has 0 N–H and O–H groups in total. The van der Waals surface area contributed by atoms with Gasteiger partial charge in [0.2, 0.25) is 0 Å². The number of pyridine rings is 1. The summed E-state index contributed by atoms with van der Waals surface area (Å²) in [5, 5.41) is 8.68. The van der Waals surface area contributed by atoms with Crippen molar-refractivity contribution in [1.82, 2.24) is 4.98 Å². The third-order valence-electron chi connectivity index (χ3n) is 2.54. The first-order valence-electron chi connectivity index (χ1n) is 5.73. The van der Waals surface area contributed by atoms with Crippen LogP contribution in [-0.4, -0.2) is 4.98 Å². The van der Waals surface area contributed by atoms with E-state index in [1.807, 2.05) is 12.1 Å². The number of aromatic nitrogens is 1. The van der Waals surface area contributed by atoms with Crippen molar-refractivity contribution in [2.75, 3.05) is 0 Å². The highest BCUT2D eigenvalue weighted by atomic mass is 32.2. The minimum atomic E-state index is 0.464. The highest BCUT2D eigenvalue weighted by molar-refractivity contribution is 7.98. The average molecular weight is 254 g/mol. The van der Waals surface area contributed by atoms with Crippen molar-refractivity contribution in [2.45, 2.75) is 24.5 Å². The van der Waals surface area contributed by atoms with E-state index in [1.165, 1.54) is 16.7 Å². The molecule has 2 nitrogen and oxygen atoms in total. The molecular formula is C15H14N2S. The fourth-order valence-electron chi connectivity index (χ4n) is 1.85. The van der Waals surface area contributed by atoms with Gasteiger partial charge in [-0.05, 0) is 31.5 Å². The maximum atomic E-state index is 8.68. The summed E-state index contributed by atoms with van der Waals surface area (Å²) in [5.74, 6) is 0.927. The highest BCUT2D eigenvalue weighted by Gasteiger charge is 1.99. The van der Waals surface area contributed by atoms with E-state index >= 15 is 0 Å². The molecule has 0 amide bonds. The number of hydrogen-bond donors (Lipinski definition) is 0. The molecule has 0 aliphatic heterocycles. The zero-order valence-corrected chi connectivity index (χ0v) is 11.3. The van der Waals surface area contributed by atoms with Crippen molar-refractivity contribution in [1.29, 1.82) is 5.26 Å². The fraction of sp³-hybridized carbons (Fsp3) is 0.200. The van der Waals surface area contributed by atoms with E-state index in [2.05, 4.69) is 37.0 Å². The predicted molar refractivity (Wildman–Crippen MR) is 74.4 cm³/mol. The molecule has 0 spiro atoms. The minimum absolute atomic E-state index is 0.464. The molecule has 0 radical (unpaired) electrons. The van der Waals surface area contributed by atoms with Gasteiger partial charge in [-0.3, -0.25) is 0 Å². The Morgan fingerprint density at radius 1 is 1.17 bits per heavy atom. The summed E-state index contributed by atoms with van der Waals surface area (Å²) in [6.45, 7) is 4.23. The van der Waals surface area contributed by atoms with Gasteiger partial charge in [0.1, 0.15) is 11.8 Å². The quantitative estimate of drug-likeness (QED) is 0.780. The molecule has 0 saturated carbocycles. The van der Waals surface area contributed by atoms with E-state index < -0.39 is 0 Å². The second-order valence-corrected chi connectivity index (χ2v) is 5.32. The Hall–Kier alpha value is -1.79. The topological polar surface area (TPSA) is 36.7 Å². The summed E-state index contributed by atoms with van der Waals surface area (Å²) in [6.07, 6.45) is 1.76. The molecule has 1 aromatic heterocycles. The van der Waals surface area contributed by atoms with Crippen LogP contribution in [0.25, 0.3) is 0 Å². The smallest absolute Gasteiger partial charge is 0.140 e. The SMILES string of the molecule is Cc1cc(C)cc(CSc2ccc(C#N)nc2)c1. The first-order valence-corrected chi connectivity index (χ1v) is 6.72. The van der Waals surface area contributed by atoms with Crippen LogP contribution >= 0.6 is 11.8 Å². The molecular weight excluding hydrogens is 240 g/mol. The van der Waals surface area contributed by atoms with Crippen LogP contribution in [0.3, 0.4) is 0 Å². The molecule has 0 saturated heterocycles. The molecule has 2 rings (SSSR count). The van der Waals surface area contributed by atoms with Crippen molar-refractivity contribution < 1.29 is 0 Å². The monoisotopic (exact) mass is 254 g/mol. The highest BCUT2D eigenvalue weighted by Crippen LogP contribution is 2.23. The third kappa shape index (κ3) is 3.35. The number of benzene rings is 1. The van der Waals surface area contributed by atoms with Crippen LogP contribution in [0, 0.1) is 25.2 Å². The number of thioether (sulfide) groups is 1. The molecule has 0 atom stereocenters. The summed E-state index contributed by atoms with van der Waals surface area (Å²) in [7, 11) is 0. The van der Waals surface area contributed by atoms with Crippen LogP contribution in [0.4, 0.5) is 0 Å². The Balaban J connectivity index is 2.04. The van der Waals surface area contributed by atoms with Gasteiger partial charge in [-0.15, -0.1) is 11.8 Å². The first kappa shape index (κ1) is 12.7. The zero-order chi connectivity index (χ0) is 13.0. The lowest BCUT2D eigenvalue weighted by Crippen LogP contribution is -1.86. The van der Waals surface area contributed by atoms with Gasteiger partial charge >= 0.3 is 0 Å². The van der Waals surface area contributed by atoms with Crippen molar-refractivity contribution in [3.05, 3.63) is 58.9 Å². The fourth-order valence-corrected chi connectivity index (χ4v) is 2.64. The third-order valence-corrected chi connectivity index (χ3v) is 3.59. The average Bonchev–Trinajstić information content (AvgIpc) is 2.36. The second kappa shape index (κ2) is 5.70. The molecule has 90 valence electrons. The second-order valence-electron chi connectivity index (χ2n) is 4.28. The van der Waals surface area contributed by atoms with Gasteiger partial charge < -0.3 is 0 Å². The van der Waals surface area contributed by atoms with E-state index in [9.17, 15) is 0 Å². The van der Waals surface area contributed by atoms with Gasteiger partial charge in [-0.1, -0.05) is 29.3 Å². The standard InChI is InChI=1S/C15H14N2S/c1-11-5-12(2)7-13(6-11)10-18-15-4-3-14(8-16)17-9-15/h3-7,9H,10H2,1-2H3. The summed E-state index contributed by atoms with van der Waals surface area (Å²) in [5.41, 5.74) is 4.37. The summed E-state index contributed by atoms with van der Waals surface area (Å²) >= 11 is 1.74. The molecule has 18 heavy (non-hydrogen) atoms. The Bertz CT molecular complexity index is 562. The maximum Gasteiger partial charge on any atom is 0.140 e. The molecule has 2 aromatic rings. The van der Waals surface area contributed by atoms with Crippen molar-refractivity contribution in [3.63, 3.8) is 0 Å². The summed E-state index contributed by atoms with van der Waals surface area (Å²) < 4.78 is 0. The van der Waals surface area contributed by atoms with E-state index in [0.717, 1.165) is 10.6 Å². The van der Waals surface area contributed by atoms with Crippen molar-refractivity contribution in [3.8, 4) is 6.07 Å².